The molecule has 0 spiro atoms. The predicted octanol–water partition coefficient (Wildman–Crippen LogP) is 1.72. The number of nitrogens with two attached hydrogens (primary N) is 1. The number of amides is 1. The van der Waals surface area contributed by atoms with Gasteiger partial charge in [0.15, 0.2) is 0 Å². The highest BCUT2D eigenvalue weighted by molar-refractivity contribution is 5.68. The van der Waals surface area contributed by atoms with Crippen molar-refractivity contribution in [3.63, 3.8) is 0 Å². The summed E-state index contributed by atoms with van der Waals surface area (Å²) >= 11 is 0. The van der Waals surface area contributed by atoms with Crippen LogP contribution in [0.5, 0.6) is 0 Å². The van der Waals surface area contributed by atoms with Crippen molar-refractivity contribution in [3.05, 3.63) is 35.9 Å². The Morgan fingerprint density at radius 1 is 1.33 bits per heavy atom. The lowest BCUT2D eigenvalue weighted by atomic mass is 10.2. The lowest BCUT2D eigenvalue weighted by Crippen LogP contribution is -2.48. The summed E-state index contributed by atoms with van der Waals surface area (Å²) in [6.07, 6.45) is -0.399. The van der Waals surface area contributed by atoms with Gasteiger partial charge in [-0.25, -0.2) is 4.79 Å². The van der Waals surface area contributed by atoms with Gasteiger partial charge in [-0.05, 0) is 26.3 Å². The number of nitrogens with one attached hydrogen (secondary N) is 1. The fourth-order valence-corrected chi connectivity index (χ4v) is 2.50. The molecular formula is C16H25N3O2. The minimum Gasteiger partial charge on any atom is -0.444 e. The van der Waals surface area contributed by atoms with Gasteiger partial charge < -0.3 is 15.8 Å². The zero-order valence-corrected chi connectivity index (χ0v) is 13.0. The number of hydrogen-bond acceptors (Lipinski definition) is 4. The van der Waals surface area contributed by atoms with E-state index in [0.717, 1.165) is 19.6 Å². The summed E-state index contributed by atoms with van der Waals surface area (Å²) in [4.78, 5) is 14.1. The highest BCUT2D eigenvalue weighted by Gasteiger charge is 2.32. The molecule has 1 aromatic carbocycles. The molecule has 0 aromatic heterocycles. The molecule has 1 heterocycles. The van der Waals surface area contributed by atoms with E-state index >= 15 is 0 Å². The summed E-state index contributed by atoms with van der Waals surface area (Å²) in [5.41, 5.74) is 6.89. The molecule has 1 saturated heterocycles. The summed E-state index contributed by atoms with van der Waals surface area (Å²) < 4.78 is 5.28. The first-order chi connectivity index (χ1) is 9.83. The first-order valence-corrected chi connectivity index (χ1v) is 7.35. The Morgan fingerprint density at radius 3 is 2.62 bits per heavy atom. The Balaban J connectivity index is 1.85. The minimum atomic E-state index is -0.490. The first kappa shape index (κ1) is 15.8. The molecule has 1 aliphatic heterocycles. The van der Waals surface area contributed by atoms with Crippen LogP contribution in [0.2, 0.25) is 0 Å². The monoisotopic (exact) mass is 291 g/mol. The van der Waals surface area contributed by atoms with Crippen LogP contribution in [0.15, 0.2) is 30.3 Å². The number of carbonyl (C=O) groups is 1. The van der Waals surface area contributed by atoms with Gasteiger partial charge in [0, 0.05) is 25.7 Å². The summed E-state index contributed by atoms with van der Waals surface area (Å²) in [7, 11) is 0. The molecule has 2 atom stereocenters. The molecule has 2 rings (SSSR count). The number of likely N-dealkylation sites (tertiary alicyclic amines) is 1. The van der Waals surface area contributed by atoms with E-state index in [0.29, 0.717) is 0 Å². The Hall–Kier alpha value is -1.59. The van der Waals surface area contributed by atoms with Gasteiger partial charge in [0.05, 0.1) is 6.04 Å². The zero-order valence-electron chi connectivity index (χ0n) is 13.0. The van der Waals surface area contributed by atoms with Crippen LogP contribution in [0.1, 0.15) is 26.3 Å². The summed E-state index contributed by atoms with van der Waals surface area (Å²) in [5.74, 6) is 0. The van der Waals surface area contributed by atoms with E-state index in [9.17, 15) is 4.79 Å². The van der Waals surface area contributed by atoms with Crippen LogP contribution in [0.3, 0.4) is 0 Å². The van der Waals surface area contributed by atoms with Gasteiger partial charge in [0.2, 0.25) is 0 Å². The fraction of sp³-hybridized carbons (Fsp3) is 0.562. The van der Waals surface area contributed by atoms with Crippen molar-refractivity contribution in [1.82, 2.24) is 10.2 Å². The van der Waals surface area contributed by atoms with Crippen molar-refractivity contribution in [3.8, 4) is 0 Å². The average Bonchev–Trinajstić information content (AvgIpc) is 2.68. The van der Waals surface area contributed by atoms with Crippen molar-refractivity contribution in [1.29, 1.82) is 0 Å². The van der Waals surface area contributed by atoms with E-state index in [-0.39, 0.29) is 12.1 Å². The van der Waals surface area contributed by atoms with Gasteiger partial charge in [-0.15, -0.1) is 0 Å². The zero-order chi connectivity index (χ0) is 15.5. The largest absolute Gasteiger partial charge is 0.444 e. The SMILES string of the molecule is CC(C)(C)OC(=O)N[C@H]1CN(Cc2ccccc2)C[C@H]1N. The normalized spacial score (nSPS) is 23.0. The molecule has 1 aliphatic rings. The molecule has 5 nitrogen and oxygen atoms in total. The van der Waals surface area contributed by atoms with Crippen LogP contribution in [0.4, 0.5) is 4.79 Å². The van der Waals surface area contributed by atoms with Crippen LogP contribution in [-0.4, -0.2) is 41.8 Å². The van der Waals surface area contributed by atoms with E-state index < -0.39 is 11.7 Å². The number of benzene rings is 1. The highest BCUT2D eigenvalue weighted by atomic mass is 16.6. The number of carbonyl (C=O) groups excluding carboxylic acids is 1. The van der Waals surface area contributed by atoms with Crippen molar-refractivity contribution < 1.29 is 9.53 Å². The first-order valence-electron chi connectivity index (χ1n) is 7.35. The molecule has 21 heavy (non-hydrogen) atoms. The lowest BCUT2D eigenvalue weighted by Gasteiger charge is -2.23. The molecule has 116 valence electrons. The average molecular weight is 291 g/mol. The van der Waals surface area contributed by atoms with Crippen molar-refractivity contribution >= 4 is 6.09 Å². The topological polar surface area (TPSA) is 67.6 Å². The van der Waals surface area contributed by atoms with Crippen molar-refractivity contribution in [2.24, 2.45) is 5.73 Å². The molecule has 0 unspecified atom stereocenters. The van der Waals surface area contributed by atoms with E-state index in [1.165, 1.54) is 5.56 Å². The van der Waals surface area contributed by atoms with Gasteiger partial charge in [-0.3, -0.25) is 4.90 Å². The second-order valence-electron chi connectivity index (χ2n) is 6.60. The van der Waals surface area contributed by atoms with E-state index in [1.807, 2.05) is 39.0 Å². The molecule has 1 aromatic rings. The number of hydrogen-bond donors (Lipinski definition) is 2. The Kier molecular flexibility index (Phi) is 4.85. The molecule has 0 bridgehead atoms. The number of rotatable bonds is 3. The molecule has 0 saturated carbocycles. The quantitative estimate of drug-likeness (QED) is 0.890. The Labute approximate surface area is 126 Å². The second kappa shape index (κ2) is 6.45. The van der Waals surface area contributed by atoms with E-state index in [4.69, 9.17) is 10.5 Å². The molecule has 0 aliphatic carbocycles. The Morgan fingerprint density at radius 2 is 2.00 bits per heavy atom. The second-order valence-corrected chi connectivity index (χ2v) is 6.60. The van der Waals surface area contributed by atoms with Gasteiger partial charge in [0.1, 0.15) is 5.60 Å². The van der Waals surface area contributed by atoms with Crippen LogP contribution >= 0.6 is 0 Å². The number of nitrogens with zero attached hydrogens (tertiary/aromatic N) is 1. The van der Waals surface area contributed by atoms with Crippen molar-refractivity contribution in [2.45, 2.75) is 45.0 Å². The van der Waals surface area contributed by atoms with E-state index in [1.54, 1.807) is 0 Å². The highest BCUT2D eigenvalue weighted by Crippen LogP contribution is 2.14. The number of alkyl carbamates (subject to hydrolysis) is 1. The standard InChI is InChI=1S/C16H25N3O2/c1-16(2,3)21-15(20)18-14-11-19(10-13(14)17)9-12-7-5-4-6-8-12/h4-8,13-14H,9-11,17H2,1-3H3,(H,18,20)/t13-,14+/m1/s1. The molecular weight excluding hydrogens is 266 g/mol. The van der Waals surface area contributed by atoms with Crippen LogP contribution in [0.25, 0.3) is 0 Å². The predicted molar refractivity (Wildman–Crippen MR) is 82.9 cm³/mol. The van der Waals surface area contributed by atoms with Crippen molar-refractivity contribution in [2.75, 3.05) is 13.1 Å². The lowest BCUT2D eigenvalue weighted by molar-refractivity contribution is 0.0502. The third-order valence-corrected chi connectivity index (χ3v) is 3.39. The third-order valence-electron chi connectivity index (χ3n) is 3.39. The third kappa shape index (κ3) is 5.02. The molecule has 0 radical (unpaired) electrons. The summed E-state index contributed by atoms with van der Waals surface area (Å²) in [6.45, 7) is 7.92. The molecule has 5 heteroatoms. The smallest absolute Gasteiger partial charge is 0.407 e. The number of ether oxygens (including phenoxy) is 1. The van der Waals surface area contributed by atoms with Gasteiger partial charge in [0.25, 0.3) is 0 Å². The Bertz CT molecular complexity index is 470. The maximum absolute atomic E-state index is 11.8. The van der Waals surface area contributed by atoms with Gasteiger partial charge >= 0.3 is 6.09 Å². The van der Waals surface area contributed by atoms with Crippen LogP contribution in [-0.2, 0) is 11.3 Å². The maximum Gasteiger partial charge on any atom is 0.407 e. The fourth-order valence-electron chi connectivity index (χ4n) is 2.50. The maximum atomic E-state index is 11.8. The van der Waals surface area contributed by atoms with Crippen LogP contribution in [0, 0.1) is 0 Å². The molecule has 3 N–H and O–H groups in total. The summed E-state index contributed by atoms with van der Waals surface area (Å²) in [5, 5.41) is 2.87. The minimum absolute atomic E-state index is 0.0661. The van der Waals surface area contributed by atoms with Gasteiger partial charge in [-0.2, -0.15) is 0 Å². The summed E-state index contributed by atoms with van der Waals surface area (Å²) in [6, 6.07) is 10.1. The van der Waals surface area contributed by atoms with Gasteiger partial charge in [-0.1, -0.05) is 30.3 Å². The molecule has 1 fully saturated rings. The van der Waals surface area contributed by atoms with Crippen LogP contribution < -0.4 is 11.1 Å². The molecule has 1 amide bonds. The van der Waals surface area contributed by atoms with E-state index in [2.05, 4.69) is 22.3 Å².